The van der Waals surface area contributed by atoms with Gasteiger partial charge in [-0.2, -0.15) is 0 Å². The minimum Gasteiger partial charge on any atom is -0.507 e. The third-order valence-corrected chi connectivity index (χ3v) is 1.62. The first-order chi connectivity index (χ1) is 5.88. The van der Waals surface area contributed by atoms with Crippen LogP contribution in [0.4, 0.5) is 0 Å². The third kappa shape index (κ3) is 1.07. The fourth-order valence-electron chi connectivity index (χ4n) is 1.06. The maximum Gasteiger partial charge on any atom is 0.137 e. The lowest BCUT2D eigenvalue weighted by atomic mass is 10.1. The Morgan fingerprint density at radius 3 is 2.83 bits per heavy atom. The molecule has 0 spiro atoms. The van der Waals surface area contributed by atoms with Crippen molar-refractivity contribution in [3.05, 3.63) is 42.7 Å². The molecule has 12 heavy (non-hydrogen) atoms. The molecule has 0 aliphatic heterocycles. The second kappa shape index (κ2) is 2.74. The number of phenols is 1. The fourth-order valence-corrected chi connectivity index (χ4v) is 1.06. The minimum absolute atomic E-state index is 0.118. The second-order valence-electron chi connectivity index (χ2n) is 2.41. The normalized spacial score (nSPS) is 10.0. The van der Waals surface area contributed by atoms with Crippen LogP contribution in [0.15, 0.2) is 41.0 Å². The van der Waals surface area contributed by atoms with E-state index in [0.29, 0.717) is 11.3 Å². The van der Waals surface area contributed by atoms with Crippen molar-refractivity contribution in [1.29, 1.82) is 0 Å². The van der Waals surface area contributed by atoms with E-state index in [0.717, 1.165) is 0 Å². The molecule has 0 aliphatic rings. The van der Waals surface area contributed by atoms with Crippen molar-refractivity contribution < 1.29 is 9.52 Å². The molecule has 1 N–H and O–H groups in total. The lowest BCUT2D eigenvalue weighted by Crippen LogP contribution is -1.73. The van der Waals surface area contributed by atoms with Gasteiger partial charge in [-0.05, 0) is 18.2 Å². The van der Waals surface area contributed by atoms with Gasteiger partial charge in [-0.25, -0.2) is 0 Å². The lowest BCUT2D eigenvalue weighted by molar-refractivity contribution is 0.472. The summed E-state index contributed by atoms with van der Waals surface area (Å²) in [5.74, 6) is 0.775. The number of furan rings is 1. The van der Waals surface area contributed by atoms with E-state index in [4.69, 9.17) is 4.42 Å². The van der Waals surface area contributed by atoms with Crippen LogP contribution in [0.1, 0.15) is 0 Å². The van der Waals surface area contributed by atoms with E-state index in [-0.39, 0.29) is 5.75 Å². The lowest BCUT2D eigenvalue weighted by Gasteiger charge is -1.97. The van der Waals surface area contributed by atoms with Gasteiger partial charge in [0.15, 0.2) is 0 Å². The van der Waals surface area contributed by atoms with Crippen LogP contribution in [0.2, 0.25) is 0 Å². The molecule has 0 bridgehead atoms. The van der Waals surface area contributed by atoms with Gasteiger partial charge in [-0.3, -0.25) is 0 Å². The maximum atomic E-state index is 9.37. The molecular formula is C10H7O2. The Kier molecular flexibility index (Phi) is 1.59. The summed E-state index contributed by atoms with van der Waals surface area (Å²) in [6.07, 6.45) is 1.57. The second-order valence-corrected chi connectivity index (χ2v) is 2.41. The largest absolute Gasteiger partial charge is 0.507 e. The van der Waals surface area contributed by atoms with Gasteiger partial charge >= 0.3 is 0 Å². The zero-order valence-electron chi connectivity index (χ0n) is 6.32. The Balaban J connectivity index is 2.55. The monoisotopic (exact) mass is 159 g/mol. The number of phenolic OH excluding ortho intramolecular Hbond substituents is 1. The van der Waals surface area contributed by atoms with Crippen LogP contribution >= 0.6 is 0 Å². The van der Waals surface area contributed by atoms with Gasteiger partial charge in [-0.1, -0.05) is 12.1 Å². The van der Waals surface area contributed by atoms with E-state index < -0.39 is 0 Å². The Morgan fingerprint density at radius 2 is 2.17 bits per heavy atom. The molecule has 0 aliphatic carbocycles. The van der Waals surface area contributed by atoms with E-state index >= 15 is 0 Å². The number of benzene rings is 1. The van der Waals surface area contributed by atoms with Gasteiger partial charge < -0.3 is 9.52 Å². The number of hydrogen-bond donors (Lipinski definition) is 1. The van der Waals surface area contributed by atoms with Gasteiger partial charge in [0.1, 0.15) is 11.5 Å². The van der Waals surface area contributed by atoms with Crippen molar-refractivity contribution in [1.82, 2.24) is 0 Å². The molecule has 1 heterocycles. The standard InChI is InChI=1S/C10H7O2/c11-9-5-2-1-4-8(9)10-6-3-7-12-10/h1-4,6-7,11H. The summed E-state index contributed by atoms with van der Waals surface area (Å²) in [6, 6.07) is 11.5. The van der Waals surface area contributed by atoms with Crippen molar-refractivity contribution in [2.45, 2.75) is 0 Å². The van der Waals surface area contributed by atoms with Gasteiger partial charge in [-0.15, -0.1) is 0 Å². The summed E-state index contributed by atoms with van der Waals surface area (Å²) in [5.41, 5.74) is 0.669. The molecule has 0 saturated heterocycles. The predicted octanol–water partition coefficient (Wildman–Crippen LogP) is 2.45. The highest BCUT2D eigenvalue weighted by molar-refractivity contribution is 5.64. The van der Waals surface area contributed by atoms with E-state index in [1.54, 1.807) is 36.6 Å². The van der Waals surface area contributed by atoms with E-state index in [9.17, 15) is 5.11 Å². The fraction of sp³-hybridized carbons (Fsp3) is 0. The van der Waals surface area contributed by atoms with Gasteiger partial charge in [0.05, 0.1) is 11.8 Å². The summed E-state index contributed by atoms with van der Waals surface area (Å²) in [5, 5.41) is 9.37. The number of aromatic hydroxyl groups is 1. The van der Waals surface area contributed by atoms with E-state index in [1.807, 2.05) is 0 Å². The number of rotatable bonds is 1. The molecule has 1 aromatic carbocycles. The smallest absolute Gasteiger partial charge is 0.137 e. The molecule has 2 aromatic rings. The van der Waals surface area contributed by atoms with Crippen LogP contribution in [-0.2, 0) is 0 Å². The molecule has 1 radical (unpaired) electrons. The molecule has 0 atom stereocenters. The molecule has 0 fully saturated rings. The Bertz CT molecular complexity index is 363. The predicted molar refractivity (Wildman–Crippen MR) is 44.6 cm³/mol. The molecule has 59 valence electrons. The summed E-state index contributed by atoms with van der Waals surface area (Å²) in [4.78, 5) is 0. The van der Waals surface area contributed by atoms with Crippen molar-refractivity contribution >= 4 is 0 Å². The highest BCUT2D eigenvalue weighted by Crippen LogP contribution is 2.27. The molecular weight excluding hydrogens is 152 g/mol. The Labute approximate surface area is 70.1 Å². The van der Waals surface area contributed by atoms with E-state index in [1.165, 1.54) is 0 Å². The molecule has 2 heteroatoms. The van der Waals surface area contributed by atoms with Crippen LogP contribution in [0.25, 0.3) is 11.3 Å². The van der Waals surface area contributed by atoms with Crippen LogP contribution in [0.3, 0.4) is 0 Å². The maximum absolute atomic E-state index is 9.37. The quantitative estimate of drug-likeness (QED) is 0.693. The van der Waals surface area contributed by atoms with Crippen LogP contribution in [0, 0.1) is 6.07 Å². The van der Waals surface area contributed by atoms with Crippen molar-refractivity contribution in [3.8, 4) is 17.1 Å². The average molecular weight is 159 g/mol. The minimum atomic E-state index is 0.118. The zero-order chi connectivity index (χ0) is 8.39. The first-order valence-electron chi connectivity index (χ1n) is 3.61. The molecule has 0 saturated carbocycles. The highest BCUT2D eigenvalue weighted by Gasteiger charge is 2.04. The number of hydrogen-bond acceptors (Lipinski definition) is 2. The summed E-state index contributed by atoms with van der Waals surface area (Å²) < 4.78 is 5.12. The molecule has 2 nitrogen and oxygen atoms in total. The Hall–Kier alpha value is -1.70. The summed E-state index contributed by atoms with van der Waals surface area (Å²) in [7, 11) is 0. The van der Waals surface area contributed by atoms with Crippen LogP contribution in [0.5, 0.6) is 5.75 Å². The topological polar surface area (TPSA) is 33.4 Å². The van der Waals surface area contributed by atoms with Crippen molar-refractivity contribution in [3.63, 3.8) is 0 Å². The average Bonchev–Trinajstić information content (AvgIpc) is 2.57. The van der Waals surface area contributed by atoms with Gasteiger partial charge in [0.2, 0.25) is 0 Å². The summed E-state index contributed by atoms with van der Waals surface area (Å²) in [6.45, 7) is 0. The zero-order valence-corrected chi connectivity index (χ0v) is 6.32. The molecule has 0 amide bonds. The first kappa shape index (κ1) is 6.98. The van der Waals surface area contributed by atoms with Crippen molar-refractivity contribution in [2.75, 3.05) is 0 Å². The summed E-state index contributed by atoms with van der Waals surface area (Å²) >= 11 is 0. The number of para-hydroxylation sites is 1. The molecule has 2 rings (SSSR count). The highest BCUT2D eigenvalue weighted by atomic mass is 16.3. The molecule has 1 aromatic heterocycles. The molecule has 0 unspecified atom stereocenters. The van der Waals surface area contributed by atoms with Crippen molar-refractivity contribution in [2.24, 2.45) is 0 Å². The Morgan fingerprint density at radius 1 is 1.25 bits per heavy atom. The SMILES string of the molecule is Oc1[c]cccc1-c1ccco1. The van der Waals surface area contributed by atoms with Gasteiger partial charge in [0.25, 0.3) is 0 Å². The van der Waals surface area contributed by atoms with E-state index in [2.05, 4.69) is 6.07 Å². The van der Waals surface area contributed by atoms with Gasteiger partial charge in [0, 0.05) is 6.07 Å². The third-order valence-electron chi connectivity index (χ3n) is 1.62. The van der Waals surface area contributed by atoms with Crippen LogP contribution in [-0.4, -0.2) is 5.11 Å². The first-order valence-corrected chi connectivity index (χ1v) is 3.61. The van der Waals surface area contributed by atoms with Crippen LogP contribution < -0.4 is 0 Å².